The monoisotopic (exact) mass is 295 g/mol. The van der Waals surface area contributed by atoms with Gasteiger partial charge in [-0.05, 0) is 25.5 Å². The predicted octanol–water partition coefficient (Wildman–Crippen LogP) is 3.33. The predicted molar refractivity (Wildman–Crippen MR) is 86.1 cm³/mol. The normalized spacial score (nSPS) is 13.8. The Morgan fingerprint density at radius 2 is 2.00 bits per heavy atom. The van der Waals surface area contributed by atoms with E-state index in [9.17, 15) is 4.79 Å². The molecule has 0 radical (unpaired) electrons. The van der Waals surface area contributed by atoms with Gasteiger partial charge in [0.25, 0.3) is 0 Å². The molecule has 1 aromatic rings. The van der Waals surface area contributed by atoms with E-state index in [1.807, 2.05) is 0 Å². The lowest BCUT2D eigenvalue weighted by Crippen LogP contribution is -2.30. The van der Waals surface area contributed by atoms with Gasteiger partial charge in [0.05, 0.1) is 12.9 Å². The number of thioether (sulfide) groups is 1. The first-order valence-electron chi connectivity index (χ1n) is 7.06. The molecular weight excluding hydrogens is 270 g/mol. The van der Waals surface area contributed by atoms with Crippen LogP contribution >= 0.6 is 11.8 Å². The molecule has 112 valence electrons. The van der Waals surface area contributed by atoms with E-state index in [-0.39, 0.29) is 12.0 Å². The van der Waals surface area contributed by atoms with Gasteiger partial charge in [0.1, 0.15) is 0 Å². The van der Waals surface area contributed by atoms with Crippen LogP contribution in [0, 0.1) is 6.92 Å². The van der Waals surface area contributed by atoms with Gasteiger partial charge in [-0.25, -0.2) is 0 Å². The molecule has 0 heterocycles. The number of carbonyl (C=O) groups is 1. The van der Waals surface area contributed by atoms with Gasteiger partial charge in [-0.3, -0.25) is 4.79 Å². The molecule has 20 heavy (non-hydrogen) atoms. The molecule has 1 N–H and O–H groups in total. The van der Waals surface area contributed by atoms with Crippen molar-refractivity contribution in [3.05, 3.63) is 35.4 Å². The molecule has 0 aromatic heterocycles. The van der Waals surface area contributed by atoms with Crippen LogP contribution in [0.3, 0.4) is 0 Å². The average Bonchev–Trinajstić information content (AvgIpc) is 2.46. The fourth-order valence-corrected chi connectivity index (χ4v) is 2.95. The highest BCUT2D eigenvalue weighted by molar-refractivity contribution is 8.00. The Labute approximate surface area is 126 Å². The molecule has 0 aliphatic carbocycles. The van der Waals surface area contributed by atoms with Crippen molar-refractivity contribution < 1.29 is 9.53 Å². The van der Waals surface area contributed by atoms with Crippen molar-refractivity contribution in [2.45, 2.75) is 38.5 Å². The Bertz CT molecular complexity index is 405. The van der Waals surface area contributed by atoms with Gasteiger partial charge in [-0.15, -0.1) is 11.8 Å². The van der Waals surface area contributed by atoms with E-state index in [1.54, 1.807) is 11.8 Å². The van der Waals surface area contributed by atoms with Crippen LogP contribution in [0.15, 0.2) is 24.3 Å². The zero-order chi connectivity index (χ0) is 15.0. The lowest BCUT2D eigenvalue weighted by atomic mass is 10.0. The van der Waals surface area contributed by atoms with Gasteiger partial charge in [-0.2, -0.15) is 0 Å². The van der Waals surface area contributed by atoms with Crippen LogP contribution in [0.5, 0.6) is 0 Å². The average molecular weight is 295 g/mol. The third kappa shape index (κ3) is 5.55. The molecule has 0 aliphatic rings. The van der Waals surface area contributed by atoms with Gasteiger partial charge in [0, 0.05) is 11.3 Å². The maximum Gasteiger partial charge on any atom is 0.315 e. The highest BCUT2D eigenvalue weighted by Crippen LogP contribution is 2.26. The Morgan fingerprint density at radius 3 is 2.55 bits per heavy atom. The quantitative estimate of drug-likeness (QED) is 0.747. The number of aryl methyl sites for hydroxylation is 1. The van der Waals surface area contributed by atoms with E-state index in [0.29, 0.717) is 11.0 Å². The van der Waals surface area contributed by atoms with E-state index in [2.05, 4.69) is 50.4 Å². The number of hydrogen-bond acceptors (Lipinski definition) is 4. The molecule has 0 aliphatic heterocycles. The van der Waals surface area contributed by atoms with Crippen LogP contribution < -0.4 is 5.32 Å². The molecule has 2 atom stereocenters. The van der Waals surface area contributed by atoms with Crippen molar-refractivity contribution in [3.8, 4) is 0 Å². The SMILES string of the molecule is CCCNC(c1ccc(C)cc1)C(C)SCC(=O)OC. The number of hydrogen-bond donors (Lipinski definition) is 1. The molecule has 0 saturated carbocycles. The summed E-state index contributed by atoms with van der Waals surface area (Å²) in [5.41, 5.74) is 2.53. The smallest absolute Gasteiger partial charge is 0.315 e. The van der Waals surface area contributed by atoms with Gasteiger partial charge in [0.2, 0.25) is 0 Å². The summed E-state index contributed by atoms with van der Waals surface area (Å²) in [6.07, 6.45) is 1.09. The topological polar surface area (TPSA) is 38.3 Å². The van der Waals surface area contributed by atoms with E-state index >= 15 is 0 Å². The molecule has 0 spiro atoms. The third-order valence-electron chi connectivity index (χ3n) is 3.21. The lowest BCUT2D eigenvalue weighted by molar-refractivity contribution is -0.137. The number of nitrogens with one attached hydrogen (secondary N) is 1. The van der Waals surface area contributed by atoms with Crippen LogP contribution in [-0.2, 0) is 9.53 Å². The minimum Gasteiger partial charge on any atom is -0.468 e. The zero-order valence-electron chi connectivity index (χ0n) is 12.8. The van der Waals surface area contributed by atoms with E-state index in [1.165, 1.54) is 18.2 Å². The summed E-state index contributed by atoms with van der Waals surface area (Å²) in [5.74, 6) is 0.230. The molecule has 0 bridgehead atoms. The van der Waals surface area contributed by atoms with Gasteiger partial charge in [0.15, 0.2) is 0 Å². The fraction of sp³-hybridized carbons (Fsp3) is 0.562. The van der Waals surface area contributed by atoms with Crippen molar-refractivity contribution in [3.63, 3.8) is 0 Å². The van der Waals surface area contributed by atoms with Crippen LogP contribution in [0.1, 0.15) is 37.4 Å². The Morgan fingerprint density at radius 1 is 1.35 bits per heavy atom. The zero-order valence-corrected chi connectivity index (χ0v) is 13.6. The van der Waals surface area contributed by atoms with Crippen LogP contribution in [0.25, 0.3) is 0 Å². The van der Waals surface area contributed by atoms with Crippen molar-refractivity contribution in [1.29, 1.82) is 0 Å². The molecule has 0 saturated heterocycles. The summed E-state index contributed by atoms with van der Waals surface area (Å²) >= 11 is 1.63. The second kappa shape index (κ2) is 9.03. The minimum absolute atomic E-state index is 0.167. The van der Waals surface area contributed by atoms with E-state index in [0.717, 1.165) is 13.0 Å². The molecule has 1 aromatic carbocycles. The highest BCUT2D eigenvalue weighted by Gasteiger charge is 2.20. The standard InChI is InChI=1S/C16H25NO2S/c1-5-10-17-16(13(3)20-11-15(18)19-4)14-8-6-12(2)7-9-14/h6-9,13,16-17H,5,10-11H2,1-4H3. The molecule has 3 nitrogen and oxygen atoms in total. The van der Waals surface area contributed by atoms with Crippen molar-refractivity contribution in [1.82, 2.24) is 5.32 Å². The van der Waals surface area contributed by atoms with Crippen LogP contribution in [0.4, 0.5) is 0 Å². The van der Waals surface area contributed by atoms with Crippen LogP contribution in [0.2, 0.25) is 0 Å². The van der Waals surface area contributed by atoms with E-state index in [4.69, 9.17) is 4.74 Å². The summed E-state index contributed by atoms with van der Waals surface area (Å²) in [5, 5.41) is 3.88. The van der Waals surface area contributed by atoms with Crippen molar-refractivity contribution in [2.75, 3.05) is 19.4 Å². The summed E-state index contributed by atoms with van der Waals surface area (Å²) < 4.78 is 4.70. The number of ether oxygens (including phenoxy) is 1. The van der Waals surface area contributed by atoms with Crippen molar-refractivity contribution >= 4 is 17.7 Å². The summed E-state index contributed by atoms with van der Waals surface area (Å²) in [6, 6.07) is 8.85. The number of benzene rings is 1. The molecular formula is C16H25NO2S. The summed E-state index contributed by atoms with van der Waals surface area (Å²) in [6.45, 7) is 7.38. The second-order valence-electron chi connectivity index (χ2n) is 4.93. The first kappa shape index (κ1) is 17.1. The number of methoxy groups -OCH3 is 1. The molecule has 0 fully saturated rings. The van der Waals surface area contributed by atoms with Crippen molar-refractivity contribution in [2.24, 2.45) is 0 Å². The van der Waals surface area contributed by atoms with Gasteiger partial charge in [-0.1, -0.05) is 43.7 Å². The summed E-state index contributed by atoms with van der Waals surface area (Å²) in [4.78, 5) is 11.3. The van der Waals surface area contributed by atoms with Gasteiger partial charge < -0.3 is 10.1 Å². The molecule has 1 rings (SSSR count). The fourth-order valence-electron chi connectivity index (χ4n) is 1.98. The maximum atomic E-state index is 11.3. The number of carbonyl (C=O) groups excluding carboxylic acids is 1. The van der Waals surface area contributed by atoms with Crippen LogP contribution in [-0.4, -0.2) is 30.6 Å². The molecule has 2 unspecified atom stereocenters. The molecule has 4 heteroatoms. The lowest BCUT2D eigenvalue weighted by Gasteiger charge is -2.25. The first-order valence-corrected chi connectivity index (χ1v) is 8.11. The molecule has 0 amide bonds. The Balaban J connectivity index is 2.72. The summed E-state index contributed by atoms with van der Waals surface area (Å²) in [7, 11) is 1.43. The maximum absolute atomic E-state index is 11.3. The Hall–Kier alpha value is -1.00. The largest absolute Gasteiger partial charge is 0.468 e. The number of esters is 1. The number of rotatable bonds is 8. The van der Waals surface area contributed by atoms with E-state index < -0.39 is 0 Å². The third-order valence-corrected chi connectivity index (χ3v) is 4.41. The highest BCUT2D eigenvalue weighted by atomic mass is 32.2. The first-order chi connectivity index (χ1) is 9.58. The Kier molecular flexibility index (Phi) is 7.70. The second-order valence-corrected chi connectivity index (χ2v) is 6.30. The minimum atomic E-state index is -0.167. The van der Waals surface area contributed by atoms with Gasteiger partial charge >= 0.3 is 5.97 Å².